The largest absolute Gasteiger partial charge is 0.467 e. The van der Waals surface area contributed by atoms with E-state index in [2.05, 4.69) is 25.9 Å². The lowest BCUT2D eigenvalue weighted by Gasteiger charge is -2.17. The van der Waals surface area contributed by atoms with Crippen molar-refractivity contribution in [2.24, 2.45) is 0 Å². The first-order valence-corrected chi connectivity index (χ1v) is 12.8. The van der Waals surface area contributed by atoms with Crippen molar-refractivity contribution in [1.29, 1.82) is 0 Å². The van der Waals surface area contributed by atoms with Gasteiger partial charge in [0.05, 0.1) is 18.0 Å². The van der Waals surface area contributed by atoms with Crippen molar-refractivity contribution in [3.8, 4) is 0 Å². The number of unbranched alkanes of at least 4 members (excludes halogenated alkanes) is 1. The third-order valence-electron chi connectivity index (χ3n) is 5.94. The molecule has 0 unspecified atom stereocenters. The topological polar surface area (TPSA) is 125 Å². The number of amides is 1. The second-order valence-electron chi connectivity index (χ2n) is 8.86. The number of carbonyl (C=O) groups excluding carboxylic acids is 2. The highest BCUT2D eigenvalue weighted by Gasteiger charge is 2.21. The molecule has 0 saturated heterocycles. The number of aryl methyl sites for hydroxylation is 2. The van der Waals surface area contributed by atoms with Crippen LogP contribution in [-0.4, -0.2) is 46.7 Å². The quantitative estimate of drug-likeness (QED) is 0.156. The van der Waals surface area contributed by atoms with Gasteiger partial charge in [0.2, 0.25) is 5.91 Å². The molecule has 1 aromatic heterocycles. The number of methoxy groups -OCH3 is 1. The predicted octanol–water partition coefficient (Wildman–Crippen LogP) is 3.51. The van der Waals surface area contributed by atoms with Crippen LogP contribution < -0.4 is 21.5 Å². The molecule has 9 nitrogen and oxygen atoms in total. The van der Waals surface area contributed by atoms with Crippen molar-refractivity contribution in [1.82, 2.24) is 20.6 Å². The molecular formula is C27H32FN5O4S. The van der Waals surface area contributed by atoms with E-state index >= 15 is 0 Å². The number of nitrogens with zero attached hydrogens (tertiary/aromatic N) is 1. The van der Waals surface area contributed by atoms with Gasteiger partial charge in [-0.2, -0.15) is 0 Å². The summed E-state index contributed by atoms with van der Waals surface area (Å²) in [5.41, 5.74) is 1.86. The van der Waals surface area contributed by atoms with Gasteiger partial charge in [-0.3, -0.25) is 9.59 Å². The first-order valence-electron chi connectivity index (χ1n) is 12.4. The number of esters is 1. The zero-order chi connectivity index (χ0) is 27.5. The summed E-state index contributed by atoms with van der Waals surface area (Å²) >= 11 is 5.28. The summed E-state index contributed by atoms with van der Waals surface area (Å²) in [5, 5.41) is 9.79. The van der Waals surface area contributed by atoms with Crippen molar-refractivity contribution in [2.75, 3.05) is 19.0 Å². The average Bonchev–Trinajstić information content (AvgIpc) is 2.89. The lowest BCUT2D eigenvalue weighted by atomic mass is 10.1. The molecule has 0 fully saturated rings. The minimum absolute atomic E-state index is 0.175. The van der Waals surface area contributed by atoms with Gasteiger partial charge in [-0.25, -0.2) is 14.2 Å². The van der Waals surface area contributed by atoms with Crippen LogP contribution >= 0.6 is 12.2 Å². The number of ether oxygens (including phenoxy) is 1. The molecule has 0 saturated carbocycles. The predicted molar refractivity (Wildman–Crippen MR) is 148 cm³/mol. The molecule has 0 spiro atoms. The summed E-state index contributed by atoms with van der Waals surface area (Å²) in [5.74, 6) is -0.574. The van der Waals surface area contributed by atoms with Gasteiger partial charge in [-0.15, -0.1) is 0 Å². The highest BCUT2D eigenvalue weighted by molar-refractivity contribution is 7.80. The fourth-order valence-corrected chi connectivity index (χ4v) is 4.15. The lowest BCUT2D eigenvalue weighted by molar-refractivity contribution is -0.145. The zero-order valence-electron chi connectivity index (χ0n) is 21.4. The SMILES string of the molecule is COC(=O)[C@H](CCCCNC(=S)Nc1ccc(F)cc1C)NC(=O)CCCc1nc2ccccc2c(=O)[nH]1. The van der Waals surface area contributed by atoms with Gasteiger partial charge in [-0.1, -0.05) is 12.1 Å². The number of aromatic nitrogens is 2. The summed E-state index contributed by atoms with van der Waals surface area (Å²) in [6.45, 7) is 2.35. The molecule has 2 aromatic carbocycles. The Bertz CT molecular complexity index is 1350. The number of benzene rings is 2. The molecule has 4 N–H and O–H groups in total. The smallest absolute Gasteiger partial charge is 0.328 e. The van der Waals surface area contributed by atoms with Crippen LogP contribution in [0, 0.1) is 12.7 Å². The van der Waals surface area contributed by atoms with Crippen molar-refractivity contribution in [3.63, 3.8) is 0 Å². The van der Waals surface area contributed by atoms with Crippen LogP contribution in [0.3, 0.4) is 0 Å². The number of thiocarbonyl (C=S) groups is 1. The first kappa shape index (κ1) is 28.7. The van der Waals surface area contributed by atoms with Crippen LogP contribution in [0.25, 0.3) is 10.9 Å². The fourth-order valence-electron chi connectivity index (χ4n) is 3.94. The number of hydrogen-bond donors (Lipinski definition) is 4. The van der Waals surface area contributed by atoms with Gasteiger partial charge in [0.15, 0.2) is 5.11 Å². The number of aromatic amines is 1. The Morgan fingerprint density at radius 1 is 1.16 bits per heavy atom. The average molecular weight is 542 g/mol. The molecule has 1 atom stereocenters. The number of fused-ring (bicyclic) bond motifs is 1. The maximum atomic E-state index is 13.2. The lowest BCUT2D eigenvalue weighted by Crippen LogP contribution is -2.41. The molecule has 0 bridgehead atoms. The molecule has 0 aliphatic heterocycles. The van der Waals surface area contributed by atoms with Gasteiger partial charge in [0.25, 0.3) is 5.56 Å². The van der Waals surface area contributed by atoms with Crippen molar-refractivity contribution >= 4 is 45.8 Å². The highest BCUT2D eigenvalue weighted by atomic mass is 32.1. The summed E-state index contributed by atoms with van der Waals surface area (Å²) < 4.78 is 18.1. The maximum Gasteiger partial charge on any atom is 0.328 e. The molecule has 11 heteroatoms. The van der Waals surface area contributed by atoms with E-state index in [1.165, 1.54) is 19.2 Å². The van der Waals surface area contributed by atoms with Crippen molar-refractivity contribution in [2.45, 2.75) is 51.5 Å². The van der Waals surface area contributed by atoms with E-state index in [0.29, 0.717) is 60.5 Å². The number of hydrogen-bond acceptors (Lipinski definition) is 6. The Morgan fingerprint density at radius 3 is 2.71 bits per heavy atom. The van der Waals surface area contributed by atoms with Gasteiger partial charge in [0.1, 0.15) is 17.7 Å². The Balaban J connectivity index is 1.38. The number of halogens is 1. The standard InChI is InChI=1S/C27H32FN5O4S/c1-17-16-18(28)13-14-20(17)32-27(38)29-15-6-5-10-22(26(36)37-2)31-24(34)12-7-11-23-30-21-9-4-3-8-19(21)25(35)33-23/h3-4,8-9,13-14,16,22H,5-7,10-12,15H2,1-2H3,(H,31,34)(H2,29,32,38)(H,30,33,35)/t22-/m0/s1. The van der Waals surface area contributed by atoms with Crippen molar-refractivity contribution in [3.05, 3.63) is 70.0 Å². The van der Waals surface area contributed by atoms with Crippen LogP contribution in [0.15, 0.2) is 47.3 Å². The molecule has 3 rings (SSSR count). The van der Waals surface area contributed by atoms with Gasteiger partial charge in [0, 0.05) is 25.1 Å². The van der Waals surface area contributed by atoms with Crippen LogP contribution in [0.2, 0.25) is 0 Å². The van der Waals surface area contributed by atoms with Gasteiger partial charge >= 0.3 is 5.97 Å². The third-order valence-corrected chi connectivity index (χ3v) is 6.19. The normalized spacial score (nSPS) is 11.6. The van der Waals surface area contributed by atoms with E-state index in [1.807, 2.05) is 6.07 Å². The number of rotatable bonds is 12. The minimum atomic E-state index is -0.752. The van der Waals surface area contributed by atoms with Crippen LogP contribution in [0.1, 0.15) is 43.5 Å². The minimum Gasteiger partial charge on any atom is -0.467 e. The number of carbonyl (C=O) groups is 2. The molecule has 1 heterocycles. The Hall–Kier alpha value is -3.86. The van der Waals surface area contributed by atoms with E-state index in [1.54, 1.807) is 31.2 Å². The van der Waals surface area contributed by atoms with Crippen molar-refractivity contribution < 1.29 is 18.7 Å². The maximum absolute atomic E-state index is 13.2. The first-order chi connectivity index (χ1) is 18.3. The molecule has 1 amide bonds. The zero-order valence-corrected chi connectivity index (χ0v) is 22.3. The molecule has 3 aromatic rings. The molecular weight excluding hydrogens is 509 g/mol. The van der Waals surface area contributed by atoms with E-state index in [0.717, 1.165) is 11.3 Å². The number of H-pyrrole nitrogens is 1. The van der Waals surface area contributed by atoms with E-state index in [4.69, 9.17) is 17.0 Å². The third kappa shape index (κ3) is 8.62. The summed E-state index contributed by atoms with van der Waals surface area (Å²) in [7, 11) is 1.28. The van der Waals surface area contributed by atoms with E-state index in [9.17, 15) is 18.8 Å². The van der Waals surface area contributed by atoms with Gasteiger partial charge < -0.3 is 25.7 Å². The molecule has 38 heavy (non-hydrogen) atoms. The highest BCUT2D eigenvalue weighted by Crippen LogP contribution is 2.15. The number of para-hydroxylation sites is 1. The van der Waals surface area contributed by atoms with Crippen LogP contribution in [0.4, 0.5) is 10.1 Å². The Morgan fingerprint density at radius 2 is 1.95 bits per heavy atom. The number of nitrogens with one attached hydrogen (secondary N) is 4. The summed E-state index contributed by atoms with van der Waals surface area (Å²) in [6, 6.07) is 10.7. The molecule has 0 radical (unpaired) electrons. The van der Waals surface area contributed by atoms with Crippen LogP contribution in [-0.2, 0) is 20.7 Å². The monoisotopic (exact) mass is 541 g/mol. The Labute approximate surface area is 225 Å². The second kappa shape index (κ2) is 14.2. The summed E-state index contributed by atoms with van der Waals surface area (Å²) in [6.07, 6.45) is 2.82. The Kier molecular flexibility index (Phi) is 10.7. The van der Waals surface area contributed by atoms with E-state index < -0.39 is 12.0 Å². The fraction of sp³-hybridized carbons (Fsp3) is 0.370. The molecule has 202 valence electrons. The van der Waals surface area contributed by atoms with Gasteiger partial charge in [-0.05, 0) is 80.7 Å². The second-order valence-corrected chi connectivity index (χ2v) is 9.27. The van der Waals surface area contributed by atoms with Crippen LogP contribution in [0.5, 0.6) is 0 Å². The molecule has 0 aliphatic rings. The number of anilines is 1. The molecule has 0 aliphatic carbocycles. The summed E-state index contributed by atoms with van der Waals surface area (Å²) in [4.78, 5) is 44.0. The van der Waals surface area contributed by atoms with E-state index in [-0.39, 0.29) is 23.7 Å².